The molecule has 1 atom stereocenters. The van der Waals surface area contributed by atoms with Gasteiger partial charge in [0.15, 0.2) is 0 Å². The molecule has 1 unspecified atom stereocenters. The van der Waals surface area contributed by atoms with Gasteiger partial charge < -0.3 is 15.8 Å². The summed E-state index contributed by atoms with van der Waals surface area (Å²) in [5.74, 6) is 0.0816. The summed E-state index contributed by atoms with van der Waals surface area (Å²) in [6.07, 6.45) is 0.390. The van der Waals surface area contributed by atoms with Crippen molar-refractivity contribution in [3.8, 4) is 0 Å². The molecule has 1 rings (SSSR count). The van der Waals surface area contributed by atoms with E-state index in [4.69, 9.17) is 22.7 Å². The summed E-state index contributed by atoms with van der Waals surface area (Å²) < 4.78 is 5.87. The average molecular weight is 345 g/mol. The largest absolute Gasteiger partial charge is 0.389 e. The van der Waals surface area contributed by atoms with Crippen LogP contribution >= 0.6 is 28.1 Å². The van der Waals surface area contributed by atoms with E-state index < -0.39 is 0 Å². The number of hydrogen-bond donors (Lipinski definition) is 2. The molecule has 0 fully saturated rings. The third-order valence-electron chi connectivity index (χ3n) is 2.51. The number of ether oxygens (including phenoxy) is 1. The highest BCUT2D eigenvalue weighted by atomic mass is 79.9. The molecule has 1 aromatic rings. The van der Waals surface area contributed by atoms with Crippen LogP contribution in [0.4, 0.5) is 5.69 Å². The number of carbonyl (C=O) groups excluding carboxylic acids is 1. The first kappa shape index (κ1) is 16.1. The van der Waals surface area contributed by atoms with Crippen molar-refractivity contribution in [1.82, 2.24) is 0 Å². The fraction of sp³-hybridized carbons (Fsp3) is 0.385. The highest BCUT2D eigenvalue weighted by molar-refractivity contribution is 9.10. The van der Waals surface area contributed by atoms with Crippen molar-refractivity contribution in [2.45, 2.75) is 13.3 Å². The summed E-state index contributed by atoms with van der Waals surface area (Å²) in [7, 11) is 1.62. The van der Waals surface area contributed by atoms with E-state index in [1.54, 1.807) is 19.2 Å². The van der Waals surface area contributed by atoms with Gasteiger partial charge in [-0.15, -0.1) is 0 Å². The predicted octanol–water partition coefficient (Wildman–Crippen LogP) is 2.69. The maximum Gasteiger partial charge on any atom is 0.224 e. The molecule has 4 nitrogen and oxygen atoms in total. The Bertz CT molecular complexity index is 480. The van der Waals surface area contributed by atoms with E-state index in [1.165, 1.54) is 0 Å². The zero-order chi connectivity index (χ0) is 14.4. The minimum atomic E-state index is -0.0793. The van der Waals surface area contributed by atoms with Crippen molar-refractivity contribution >= 4 is 44.7 Å². The standard InChI is InChI=1S/C13H17BrN2O2S/c1-8(7-18-2)5-12(17)16-11-4-3-9(14)6-10(11)13(15)19/h3-4,6,8H,5,7H2,1-2H3,(H2,15,19)(H,16,17). The smallest absolute Gasteiger partial charge is 0.224 e. The maximum atomic E-state index is 11.9. The van der Waals surface area contributed by atoms with Crippen LogP contribution in [0.2, 0.25) is 0 Å². The van der Waals surface area contributed by atoms with E-state index in [2.05, 4.69) is 21.2 Å². The van der Waals surface area contributed by atoms with Gasteiger partial charge in [-0.3, -0.25) is 4.79 Å². The van der Waals surface area contributed by atoms with Crippen molar-refractivity contribution in [1.29, 1.82) is 0 Å². The van der Waals surface area contributed by atoms with Gasteiger partial charge in [0.1, 0.15) is 4.99 Å². The number of nitrogens with one attached hydrogen (secondary N) is 1. The van der Waals surface area contributed by atoms with Crippen LogP contribution in [-0.4, -0.2) is 24.6 Å². The quantitative estimate of drug-likeness (QED) is 0.778. The van der Waals surface area contributed by atoms with Crippen LogP contribution in [0, 0.1) is 5.92 Å². The van der Waals surface area contributed by atoms with Crippen LogP contribution in [0.15, 0.2) is 22.7 Å². The second-order valence-corrected chi connectivity index (χ2v) is 5.72. The number of anilines is 1. The van der Waals surface area contributed by atoms with Gasteiger partial charge in [0.05, 0.1) is 5.69 Å². The second kappa shape index (κ2) is 7.57. The molecule has 0 aromatic heterocycles. The zero-order valence-corrected chi connectivity index (χ0v) is 13.3. The molecule has 0 aliphatic carbocycles. The number of halogens is 1. The topological polar surface area (TPSA) is 64.3 Å². The molecule has 1 amide bonds. The Labute approximate surface area is 126 Å². The fourth-order valence-corrected chi connectivity index (χ4v) is 2.22. The first-order valence-electron chi connectivity index (χ1n) is 5.82. The van der Waals surface area contributed by atoms with Gasteiger partial charge in [0.25, 0.3) is 0 Å². The minimum Gasteiger partial charge on any atom is -0.389 e. The lowest BCUT2D eigenvalue weighted by atomic mass is 10.1. The third-order valence-corrected chi connectivity index (χ3v) is 3.22. The Hall–Kier alpha value is -0.980. The van der Waals surface area contributed by atoms with Gasteiger partial charge in [-0.25, -0.2) is 0 Å². The normalized spacial score (nSPS) is 11.9. The Morgan fingerprint density at radius 3 is 2.84 bits per heavy atom. The number of rotatable bonds is 6. The third kappa shape index (κ3) is 5.26. The van der Waals surface area contributed by atoms with Crippen molar-refractivity contribution < 1.29 is 9.53 Å². The SMILES string of the molecule is COCC(C)CC(=O)Nc1ccc(Br)cc1C(N)=S. The molecule has 0 radical (unpaired) electrons. The first-order chi connectivity index (χ1) is 8.93. The number of amides is 1. The summed E-state index contributed by atoms with van der Waals surface area (Å²) >= 11 is 8.32. The molecule has 0 bridgehead atoms. The number of benzene rings is 1. The summed E-state index contributed by atoms with van der Waals surface area (Å²) in [5.41, 5.74) is 6.93. The maximum absolute atomic E-state index is 11.9. The van der Waals surface area contributed by atoms with Crippen LogP contribution in [0.5, 0.6) is 0 Å². The van der Waals surface area contributed by atoms with Crippen LogP contribution in [0.1, 0.15) is 18.9 Å². The molecule has 0 saturated heterocycles. The number of nitrogens with two attached hydrogens (primary N) is 1. The van der Waals surface area contributed by atoms with Crippen molar-refractivity contribution in [3.63, 3.8) is 0 Å². The average Bonchev–Trinajstić information content (AvgIpc) is 2.31. The van der Waals surface area contributed by atoms with Crippen LogP contribution in [0.3, 0.4) is 0 Å². The van der Waals surface area contributed by atoms with E-state index in [0.29, 0.717) is 24.3 Å². The van der Waals surface area contributed by atoms with Crippen molar-refractivity contribution in [2.24, 2.45) is 11.7 Å². The van der Waals surface area contributed by atoms with Gasteiger partial charge in [0.2, 0.25) is 5.91 Å². The Morgan fingerprint density at radius 2 is 2.26 bits per heavy atom. The molecular weight excluding hydrogens is 328 g/mol. The first-order valence-corrected chi connectivity index (χ1v) is 7.02. The Morgan fingerprint density at radius 1 is 1.58 bits per heavy atom. The van der Waals surface area contributed by atoms with E-state index in [1.807, 2.05) is 13.0 Å². The van der Waals surface area contributed by atoms with Crippen molar-refractivity contribution in [3.05, 3.63) is 28.2 Å². The van der Waals surface area contributed by atoms with Gasteiger partial charge >= 0.3 is 0 Å². The van der Waals surface area contributed by atoms with Gasteiger partial charge in [-0.1, -0.05) is 35.1 Å². The van der Waals surface area contributed by atoms with E-state index in [-0.39, 0.29) is 16.8 Å². The lowest BCUT2D eigenvalue weighted by Crippen LogP contribution is -2.20. The van der Waals surface area contributed by atoms with Gasteiger partial charge in [-0.05, 0) is 24.1 Å². The molecule has 0 aliphatic heterocycles. The second-order valence-electron chi connectivity index (χ2n) is 4.37. The molecule has 0 spiro atoms. The molecule has 1 aromatic carbocycles. The molecule has 0 heterocycles. The number of carbonyl (C=O) groups is 1. The molecule has 0 saturated carbocycles. The Balaban J connectivity index is 2.76. The molecule has 0 aliphatic rings. The Kier molecular flexibility index (Phi) is 6.41. The number of thiocarbonyl (C=S) groups is 1. The molecule has 104 valence electrons. The highest BCUT2D eigenvalue weighted by Gasteiger charge is 2.12. The summed E-state index contributed by atoms with van der Waals surface area (Å²) in [5, 5.41) is 2.83. The number of methoxy groups -OCH3 is 1. The summed E-state index contributed by atoms with van der Waals surface area (Å²) in [6, 6.07) is 5.39. The van der Waals surface area contributed by atoms with Gasteiger partial charge in [0, 0.05) is 30.2 Å². The van der Waals surface area contributed by atoms with Gasteiger partial charge in [-0.2, -0.15) is 0 Å². The highest BCUT2D eigenvalue weighted by Crippen LogP contribution is 2.21. The summed E-state index contributed by atoms with van der Waals surface area (Å²) in [6.45, 7) is 2.51. The van der Waals surface area contributed by atoms with Crippen LogP contribution in [0.25, 0.3) is 0 Å². The summed E-state index contributed by atoms with van der Waals surface area (Å²) in [4.78, 5) is 12.1. The lowest BCUT2D eigenvalue weighted by Gasteiger charge is -2.13. The van der Waals surface area contributed by atoms with E-state index >= 15 is 0 Å². The van der Waals surface area contributed by atoms with Crippen LogP contribution in [-0.2, 0) is 9.53 Å². The van der Waals surface area contributed by atoms with E-state index in [9.17, 15) is 4.79 Å². The molecule has 19 heavy (non-hydrogen) atoms. The molecule has 6 heteroatoms. The van der Waals surface area contributed by atoms with Crippen molar-refractivity contribution in [2.75, 3.05) is 19.0 Å². The van der Waals surface area contributed by atoms with E-state index in [0.717, 1.165) is 4.47 Å². The van der Waals surface area contributed by atoms with Crippen LogP contribution < -0.4 is 11.1 Å². The number of hydrogen-bond acceptors (Lipinski definition) is 3. The minimum absolute atomic E-state index is 0.0793. The fourth-order valence-electron chi connectivity index (χ4n) is 1.69. The monoisotopic (exact) mass is 344 g/mol. The zero-order valence-electron chi connectivity index (χ0n) is 10.9. The molecule has 3 N–H and O–H groups in total. The molecular formula is C13H17BrN2O2S. The lowest BCUT2D eigenvalue weighted by molar-refractivity contribution is -0.117. The predicted molar refractivity (Wildman–Crippen MR) is 84.3 cm³/mol.